The van der Waals surface area contributed by atoms with Crippen molar-refractivity contribution in [2.45, 2.75) is 236 Å². The van der Waals surface area contributed by atoms with Crippen LogP contribution in [-0.2, 0) is 56.8 Å². The molecule has 12 nitrogen and oxygen atoms in total. The molecular weight excluding hydrogens is 927 g/mol. The van der Waals surface area contributed by atoms with E-state index >= 15 is 0 Å². The molecule has 0 bridgehead atoms. The van der Waals surface area contributed by atoms with Crippen molar-refractivity contribution in [3.63, 3.8) is 0 Å². The summed E-state index contributed by atoms with van der Waals surface area (Å²) >= 11 is 0. The third kappa shape index (κ3) is 11.5. The lowest BCUT2D eigenvalue weighted by atomic mass is 9.54. The third-order valence-corrected chi connectivity index (χ3v) is 29.0. The fraction of sp³-hybridized carbons (Fsp3) is 1.00. The largest absolute Gasteiger partial charge is 0.381 e. The summed E-state index contributed by atoms with van der Waals surface area (Å²) < 4.78 is 79.4. The van der Waals surface area contributed by atoms with Gasteiger partial charge in [-0.05, 0) is 85.4 Å². The van der Waals surface area contributed by atoms with E-state index in [0.717, 1.165) is 63.2 Å². The van der Waals surface area contributed by atoms with Crippen LogP contribution in [0.4, 0.5) is 0 Å². The van der Waals surface area contributed by atoms with Gasteiger partial charge >= 0.3 is 0 Å². The molecule has 0 heterocycles. The van der Waals surface area contributed by atoms with Gasteiger partial charge in [-0.3, -0.25) is 0 Å². The highest BCUT2D eigenvalue weighted by molar-refractivity contribution is 7.60. The second-order valence-corrected chi connectivity index (χ2v) is 28.7. The Morgan fingerprint density at radius 1 is 0.257 bits per heavy atom. The summed E-state index contributed by atoms with van der Waals surface area (Å²) in [4.78, 5) is 0. The van der Waals surface area contributed by atoms with Crippen molar-refractivity contribution >= 4 is 15.8 Å². The maximum atomic E-state index is 6.81. The van der Waals surface area contributed by atoms with Crippen molar-refractivity contribution in [3.8, 4) is 0 Å². The minimum Gasteiger partial charge on any atom is -0.381 e. The second kappa shape index (κ2) is 26.6. The fourth-order valence-electron chi connectivity index (χ4n) is 17.7. The maximum Gasteiger partial charge on any atom is 0.0688 e. The molecule has 14 heteroatoms. The molecular formula is C56H100O12P2. The van der Waals surface area contributed by atoms with Crippen LogP contribution in [0.5, 0.6) is 0 Å². The van der Waals surface area contributed by atoms with E-state index in [1.54, 1.807) is 0 Å². The molecule has 0 spiro atoms. The van der Waals surface area contributed by atoms with Crippen LogP contribution in [0.15, 0.2) is 0 Å². The van der Waals surface area contributed by atoms with Gasteiger partial charge in [0.05, 0.1) is 73.2 Å². The van der Waals surface area contributed by atoms with E-state index in [2.05, 4.69) is 0 Å². The number of methoxy groups -OCH3 is 12. The van der Waals surface area contributed by atoms with Gasteiger partial charge in [0.2, 0.25) is 0 Å². The van der Waals surface area contributed by atoms with E-state index in [1.807, 2.05) is 85.3 Å². The highest BCUT2D eigenvalue weighted by Crippen LogP contribution is 2.73. The van der Waals surface area contributed by atoms with Crippen molar-refractivity contribution < 1.29 is 56.8 Å². The van der Waals surface area contributed by atoms with Crippen LogP contribution in [0.1, 0.15) is 128 Å². The van der Waals surface area contributed by atoms with Gasteiger partial charge in [-0.2, -0.15) is 0 Å². The van der Waals surface area contributed by atoms with Gasteiger partial charge in [-0.25, -0.2) is 0 Å². The van der Waals surface area contributed by atoms with Crippen LogP contribution in [0, 0.1) is 35.5 Å². The predicted octanol–water partition coefficient (Wildman–Crippen LogP) is 9.95. The average molecular weight is 1030 g/mol. The molecule has 8 rings (SSSR count). The number of fused-ring (bicyclic) bond motifs is 2. The van der Waals surface area contributed by atoms with Gasteiger partial charge in [0.25, 0.3) is 0 Å². The van der Waals surface area contributed by atoms with Crippen molar-refractivity contribution in [1.82, 2.24) is 0 Å². The highest BCUT2D eigenvalue weighted by Gasteiger charge is 2.63. The summed E-state index contributed by atoms with van der Waals surface area (Å²) in [5.74, 6) is 4.00. The quantitative estimate of drug-likeness (QED) is 0.115. The van der Waals surface area contributed by atoms with Crippen LogP contribution >= 0.6 is 15.8 Å². The minimum atomic E-state index is -0.832. The summed E-state index contributed by atoms with van der Waals surface area (Å²) in [7, 11) is 21.5. The molecule has 0 aliphatic heterocycles. The first-order chi connectivity index (χ1) is 34.2. The normalized spacial score (nSPS) is 48.0. The van der Waals surface area contributed by atoms with Gasteiger partial charge in [0.1, 0.15) is 0 Å². The highest BCUT2D eigenvalue weighted by atomic mass is 31.1. The Kier molecular flexibility index (Phi) is 21.5. The van der Waals surface area contributed by atoms with Gasteiger partial charge in [0.15, 0.2) is 0 Å². The van der Waals surface area contributed by atoms with Crippen molar-refractivity contribution in [2.24, 2.45) is 35.5 Å². The van der Waals surface area contributed by atoms with Gasteiger partial charge < -0.3 is 56.8 Å². The molecule has 8 saturated carbocycles. The zero-order chi connectivity index (χ0) is 49.6. The van der Waals surface area contributed by atoms with E-state index in [1.165, 1.54) is 77.0 Å². The molecule has 0 N–H and O–H groups in total. The van der Waals surface area contributed by atoms with Gasteiger partial charge in [-0.15, -0.1) is 0 Å². The minimum absolute atomic E-state index is 0.0122. The predicted molar refractivity (Wildman–Crippen MR) is 279 cm³/mol. The van der Waals surface area contributed by atoms with Crippen molar-refractivity contribution in [3.05, 3.63) is 0 Å². The van der Waals surface area contributed by atoms with Crippen molar-refractivity contribution in [1.29, 1.82) is 0 Å². The van der Waals surface area contributed by atoms with Gasteiger partial charge in [-0.1, -0.05) is 54.4 Å². The lowest BCUT2D eigenvalue weighted by Crippen LogP contribution is -2.60. The molecule has 0 aromatic heterocycles. The third-order valence-electron chi connectivity index (χ3n) is 20.8. The van der Waals surface area contributed by atoms with Crippen LogP contribution < -0.4 is 0 Å². The molecule has 0 radical (unpaired) electrons. The van der Waals surface area contributed by atoms with Crippen LogP contribution in [-0.4, -0.2) is 193 Å². The number of hydrogen-bond donors (Lipinski definition) is 0. The Hall–Kier alpha value is 0.380. The Morgan fingerprint density at radius 3 is 0.700 bits per heavy atom. The van der Waals surface area contributed by atoms with E-state index < -0.39 is 15.8 Å². The Bertz CT molecular complexity index is 1310. The Balaban J connectivity index is 1.36. The molecule has 14 unspecified atom stereocenters. The van der Waals surface area contributed by atoms with E-state index in [-0.39, 0.29) is 95.9 Å². The first kappa shape index (κ1) is 56.6. The summed E-state index contributed by atoms with van der Waals surface area (Å²) in [6.45, 7) is 0. The van der Waals surface area contributed by atoms with Gasteiger partial charge in [0, 0.05) is 159 Å². The molecule has 8 aliphatic carbocycles. The number of rotatable bonds is 19. The molecule has 8 fully saturated rings. The van der Waals surface area contributed by atoms with E-state index in [0.29, 0.717) is 35.0 Å². The molecule has 8 aliphatic rings. The molecule has 0 aromatic carbocycles. The average Bonchev–Trinajstić information content (AvgIpc) is 3.42. The van der Waals surface area contributed by atoms with E-state index in [4.69, 9.17) is 56.8 Å². The fourth-order valence-corrected chi connectivity index (χ4v) is 27.8. The molecule has 0 amide bonds. The zero-order valence-corrected chi connectivity index (χ0v) is 47.6. The molecule has 0 aromatic rings. The number of ether oxygens (including phenoxy) is 12. The molecule has 0 saturated heterocycles. The monoisotopic (exact) mass is 1030 g/mol. The standard InChI is InChI=1S/C56H100O12P2/c1-57-35-25-41(61-5)53(42(26-35)62-6)69(54-43(63-7)27-36(58-2)28-44(54)64-8)49-23-21-33-17-13-15-19-39(33)51(49)52-40-20-16-14-18-34(40)22-24-50(52)70(55-45(65-9)29-37(59-3)30-46(55)66-10)56-47(67-11)31-38(60-4)32-48(56)68-12/h33-56H,13-32H2,1-12H3/t33?,34?,35?,36?,37?,38?,39?,40?,41?,42?,43?,44?,45?,46?,47?,48?,49-,50?,51?,52-,53?,54?,55?,56?,69?,70?/m1/s1. The smallest absolute Gasteiger partial charge is 0.0688 e. The number of hydrogen-bond acceptors (Lipinski definition) is 12. The Labute approximate surface area is 427 Å². The van der Waals surface area contributed by atoms with Crippen molar-refractivity contribution in [2.75, 3.05) is 85.3 Å². The SMILES string of the molecule is COC1CC(OC)C(P(C2C(OC)CC(OC)CC2OC)C2CCC3CCCCC3[C@H]2C2C3CCCCC3CC[C@H]2P(C2C(OC)CC(OC)CC2OC)C2C(OC)CC(OC)CC2OC)C(OC)C1. The second-order valence-electron chi connectivity index (χ2n) is 23.2. The first-order valence-corrected chi connectivity index (χ1v) is 31.2. The van der Waals surface area contributed by atoms with E-state index in [9.17, 15) is 0 Å². The van der Waals surface area contributed by atoms with Crippen LogP contribution in [0.25, 0.3) is 0 Å². The van der Waals surface area contributed by atoms with Crippen LogP contribution in [0.2, 0.25) is 0 Å². The Morgan fingerprint density at radius 2 is 0.486 bits per heavy atom. The summed E-state index contributed by atoms with van der Waals surface area (Å²) in [6, 6.07) is 0. The molecule has 70 heavy (non-hydrogen) atoms. The summed E-state index contributed by atoms with van der Waals surface area (Å²) in [6.07, 6.45) is 23.4. The first-order valence-electron chi connectivity index (χ1n) is 28.1. The topological polar surface area (TPSA) is 111 Å². The lowest BCUT2D eigenvalue weighted by Gasteiger charge is -2.63. The van der Waals surface area contributed by atoms with Crippen LogP contribution in [0.3, 0.4) is 0 Å². The maximum absolute atomic E-state index is 6.81. The lowest BCUT2D eigenvalue weighted by molar-refractivity contribution is -0.0773. The molecule has 16 atom stereocenters. The summed E-state index contributed by atoms with van der Waals surface area (Å²) in [5.41, 5.74) is 1.87. The molecule has 406 valence electrons. The summed E-state index contributed by atoms with van der Waals surface area (Å²) in [5, 5.41) is 0. The zero-order valence-electron chi connectivity index (χ0n) is 45.8.